The molecule has 3 rings (SSSR count). The molecular formula is C12H10N2S. The molecule has 0 radical (unpaired) electrons. The summed E-state index contributed by atoms with van der Waals surface area (Å²) in [6.45, 7) is 2.05. The molecular weight excluding hydrogens is 204 g/mol. The van der Waals surface area contributed by atoms with Gasteiger partial charge in [0.25, 0.3) is 0 Å². The van der Waals surface area contributed by atoms with Crippen LogP contribution in [0.3, 0.4) is 0 Å². The van der Waals surface area contributed by atoms with Crippen LogP contribution < -0.4 is 0 Å². The Morgan fingerprint density at radius 1 is 1.20 bits per heavy atom. The number of aromatic nitrogens is 2. The molecule has 2 nitrogen and oxygen atoms in total. The number of imidazole rings is 1. The lowest BCUT2D eigenvalue weighted by Gasteiger charge is -1.96. The molecule has 0 saturated carbocycles. The standard InChI is InChI=1S/C12H10N2S/c1-9-10-5-2-3-7-14(10)12(13-9)11-6-4-8-15-11/h2-8H,1H3. The zero-order valence-corrected chi connectivity index (χ0v) is 9.16. The Hall–Kier alpha value is -1.61. The number of aryl methyl sites for hydroxylation is 1. The van der Waals surface area contributed by atoms with Crippen LogP contribution in [-0.4, -0.2) is 9.38 Å². The second-order valence-electron chi connectivity index (χ2n) is 3.45. The highest BCUT2D eigenvalue weighted by molar-refractivity contribution is 7.13. The van der Waals surface area contributed by atoms with Crippen molar-refractivity contribution in [2.75, 3.05) is 0 Å². The first-order valence-corrected chi connectivity index (χ1v) is 5.72. The predicted octanol–water partition coefficient (Wildman–Crippen LogP) is 3.37. The van der Waals surface area contributed by atoms with Crippen LogP contribution in [-0.2, 0) is 0 Å². The van der Waals surface area contributed by atoms with E-state index < -0.39 is 0 Å². The molecule has 0 aliphatic rings. The van der Waals surface area contributed by atoms with Crippen LogP contribution in [0.15, 0.2) is 41.9 Å². The second kappa shape index (κ2) is 3.21. The molecule has 3 heteroatoms. The molecule has 0 atom stereocenters. The van der Waals surface area contributed by atoms with Crippen LogP contribution in [0.2, 0.25) is 0 Å². The Balaban J connectivity index is 2.37. The first-order valence-electron chi connectivity index (χ1n) is 4.84. The predicted molar refractivity (Wildman–Crippen MR) is 63.2 cm³/mol. The summed E-state index contributed by atoms with van der Waals surface area (Å²) < 4.78 is 2.14. The van der Waals surface area contributed by atoms with Crippen LogP contribution >= 0.6 is 11.3 Å². The fourth-order valence-corrected chi connectivity index (χ4v) is 2.48. The number of thiophene rings is 1. The molecule has 0 unspecified atom stereocenters. The van der Waals surface area contributed by atoms with E-state index in [4.69, 9.17) is 0 Å². The van der Waals surface area contributed by atoms with E-state index in [2.05, 4.69) is 39.2 Å². The van der Waals surface area contributed by atoms with Crippen molar-refractivity contribution in [1.82, 2.24) is 9.38 Å². The van der Waals surface area contributed by atoms with E-state index >= 15 is 0 Å². The molecule has 0 amide bonds. The van der Waals surface area contributed by atoms with Crippen LogP contribution in [0.5, 0.6) is 0 Å². The van der Waals surface area contributed by atoms with Gasteiger partial charge in [-0.25, -0.2) is 4.98 Å². The number of hydrogen-bond donors (Lipinski definition) is 0. The Bertz CT molecular complexity index is 593. The van der Waals surface area contributed by atoms with E-state index in [9.17, 15) is 0 Å². The zero-order chi connectivity index (χ0) is 10.3. The number of hydrogen-bond acceptors (Lipinski definition) is 2. The smallest absolute Gasteiger partial charge is 0.154 e. The minimum atomic E-state index is 1.04. The third kappa shape index (κ3) is 1.27. The summed E-state index contributed by atoms with van der Waals surface area (Å²) >= 11 is 1.72. The van der Waals surface area contributed by atoms with Crippen LogP contribution in [0, 0.1) is 6.92 Å². The molecule has 3 aromatic rings. The van der Waals surface area contributed by atoms with Gasteiger partial charge in [-0.3, -0.25) is 4.40 Å². The van der Waals surface area contributed by atoms with Gasteiger partial charge in [-0.1, -0.05) is 12.1 Å². The maximum absolute atomic E-state index is 4.61. The monoisotopic (exact) mass is 214 g/mol. The van der Waals surface area contributed by atoms with Gasteiger partial charge >= 0.3 is 0 Å². The van der Waals surface area contributed by atoms with Gasteiger partial charge in [0.05, 0.1) is 16.1 Å². The van der Waals surface area contributed by atoms with E-state index in [1.807, 2.05) is 19.1 Å². The molecule has 0 aromatic carbocycles. The molecule has 0 bridgehead atoms. The van der Waals surface area contributed by atoms with Crippen LogP contribution in [0.4, 0.5) is 0 Å². The van der Waals surface area contributed by atoms with E-state index in [-0.39, 0.29) is 0 Å². The fourth-order valence-electron chi connectivity index (χ4n) is 1.77. The van der Waals surface area contributed by atoms with Crippen molar-refractivity contribution in [3.8, 4) is 10.7 Å². The Kier molecular flexibility index (Phi) is 1.86. The fraction of sp³-hybridized carbons (Fsp3) is 0.0833. The van der Waals surface area contributed by atoms with Crippen LogP contribution in [0.1, 0.15) is 5.69 Å². The minimum absolute atomic E-state index is 1.04. The number of pyridine rings is 1. The number of nitrogens with zero attached hydrogens (tertiary/aromatic N) is 2. The lowest BCUT2D eigenvalue weighted by atomic mass is 10.3. The van der Waals surface area contributed by atoms with Crippen molar-refractivity contribution < 1.29 is 0 Å². The summed E-state index contributed by atoms with van der Waals surface area (Å²) in [5.41, 5.74) is 2.26. The van der Waals surface area contributed by atoms with E-state index in [0.717, 1.165) is 11.5 Å². The van der Waals surface area contributed by atoms with E-state index in [1.165, 1.54) is 10.4 Å². The number of fused-ring (bicyclic) bond motifs is 1. The van der Waals surface area contributed by atoms with Crippen molar-refractivity contribution in [2.45, 2.75) is 6.92 Å². The molecule has 0 spiro atoms. The highest BCUT2D eigenvalue weighted by atomic mass is 32.1. The van der Waals surface area contributed by atoms with Gasteiger partial charge in [0.15, 0.2) is 5.82 Å². The third-order valence-corrected chi connectivity index (χ3v) is 3.34. The van der Waals surface area contributed by atoms with Gasteiger partial charge in [-0.15, -0.1) is 11.3 Å². The highest BCUT2D eigenvalue weighted by Crippen LogP contribution is 2.25. The molecule has 3 heterocycles. The molecule has 3 aromatic heterocycles. The van der Waals surface area contributed by atoms with Gasteiger partial charge < -0.3 is 0 Å². The summed E-state index contributed by atoms with van der Waals surface area (Å²) in [5, 5.41) is 2.08. The Labute approximate surface area is 91.8 Å². The molecule has 74 valence electrons. The number of rotatable bonds is 1. The quantitative estimate of drug-likeness (QED) is 0.607. The summed E-state index contributed by atoms with van der Waals surface area (Å²) in [6, 6.07) is 10.3. The summed E-state index contributed by atoms with van der Waals surface area (Å²) in [5.74, 6) is 1.04. The molecule has 0 saturated heterocycles. The topological polar surface area (TPSA) is 17.3 Å². The van der Waals surface area contributed by atoms with Gasteiger partial charge in [0, 0.05) is 6.20 Å². The van der Waals surface area contributed by atoms with E-state index in [0.29, 0.717) is 0 Å². The zero-order valence-electron chi connectivity index (χ0n) is 8.34. The van der Waals surface area contributed by atoms with Crippen LogP contribution in [0.25, 0.3) is 16.2 Å². The lowest BCUT2D eigenvalue weighted by molar-refractivity contribution is 1.17. The molecule has 0 aliphatic heterocycles. The molecule has 15 heavy (non-hydrogen) atoms. The highest BCUT2D eigenvalue weighted by Gasteiger charge is 2.09. The van der Waals surface area contributed by atoms with Crippen molar-refractivity contribution in [3.05, 3.63) is 47.6 Å². The first kappa shape index (κ1) is 8.68. The van der Waals surface area contributed by atoms with Crippen molar-refractivity contribution in [2.24, 2.45) is 0 Å². The van der Waals surface area contributed by atoms with Gasteiger partial charge in [-0.05, 0) is 30.5 Å². The average Bonchev–Trinajstić information content (AvgIpc) is 2.87. The maximum atomic E-state index is 4.61. The third-order valence-electron chi connectivity index (χ3n) is 2.47. The van der Waals surface area contributed by atoms with Gasteiger partial charge in [0.2, 0.25) is 0 Å². The average molecular weight is 214 g/mol. The summed E-state index contributed by atoms with van der Waals surface area (Å²) in [6.07, 6.45) is 2.06. The van der Waals surface area contributed by atoms with Crippen molar-refractivity contribution in [1.29, 1.82) is 0 Å². The SMILES string of the molecule is Cc1nc(-c2cccs2)n2ccccc12. The lowest BCUT2D eigenvalue weighted by Crippen LogP contribution is -1.85. The normalized spacial score (nSPS) is 11.0. The largest absolute Gasteiger partial charge is 0.299 e. The first-order chi connectivity index (χ1) is 7.36. The molecule has 0 fully saturated rings. The Morgan fingerprint density at radius 3 is 2.93 bits per heavy atom. The molecule has 0 aliphatic carbocycles. The second-order valence-corrected chi connectivity index (χ2v) is 4.40. The summed E-state index contributed by atoms with van der Waals surface area (Å²) in [4.78, 5) is 5.82. The Morgan fingerprint density at radius 2 is 2.13 bits per heavy atom. The van der Waals surface area contributed by atoms with Crippen molar-refractivity contribution in [3.63, 3.8) is 0 Å². The molecule has 0 N–H and O–H groups in total. The minimum Gasteiger partial charge on any atom is -0.299 e. The summed E-state index contributed by atoms with van der Waals surface area (Å²) in [7, 11) is 0. The van der Waals surface area contributed by atoms with Gasteiger partial charge in [0.1, 0.15) is 0 Å². The maximum Gasteiger partial charge on any atom is 0.154 e. The van der Waals surface area contributed by atoms with E-state index in [1.54, 1.807) is 11.3 Å². The van der Waals surface area contributed by atoms with Gasteiger partial charge in [-0.2, -0.15) is 0 Å². The van der Waals surface area contributed by atoms with Crippen molar-refractivity contribution >= 4 is 16.9 Å².